The summed E-state index contributed by atoms with van der Waals surface area (Å²) < 4.78 is 11.5. The fourth-order valence-corrected chi connectivity index (χ4v) is 2.13. The van der Waals surface area contributed by atoms with Crippen LogP contribution in [0.2, 0.25) is 0 Å². The van der Waals surface area contributed by atoms with Gasteiger partial charge in [0.2, 0.25) is 0 Å². The maximum Gasteiger partial charge on any atom is 0.124 e. The Morgan fingerprint density at radius 1 is 1.20 bits per heavy atom. The topological polar surface area (TPSA) is 34.4 Å². The van der Waals surface area contributed by atoms with Crippen molar-refractivity contribution in [3.63, 3.8) is 0 Å². The van der Waals surface area contributed by atoms with Gasteiger partial charge in [0, 0.05) is 5.56 Å². The molecule has 1 heterocycles. The van der Waals surface area contributed by atoms with Crippen LogP contribution in [-0.4, -0.2) is 6.54 Å². The average Bonchev–Trinajstić information content (AvgIpc) is 2.90. The van der Waals surface area contributed by atoms with E-state index in [-0.39, 0.29) is 0 Å². The number of hydrogen-bond acceptors (Lipinski definition) is 3. The molecule has 0 aliphatic carbocycles. The monoisotopic (exact) mass is 273 g/mol. The molecule has 0 unspecified atom stereocenters. The first-order valence-electron chi connectivity index (χ1n) is 7.20. The molecule has 0 aliphatic heterocycles. The first-order valence-corrected chi connectivity index (χ1v) is 7.20. The molecule has 0 radical (unpaired) electrons. The van der Waals surface area contributed by atoms with E-state index in [4.69, 9.17) is 9.15 Å². The first kappa shape index (κ1) is 14.7. The average molecular weight is 273 g/mol. The molecule has 0 atom stereocenters. The molecule has 2 rings (SSSR count). The van der Waals surface area contributed by atoms with Crippen LogP contribution >= 0.6 is 0 Å². The second-order valence-corrected chi connectivity index (χ2v) is 5.13. The highest BCUT2D eigenvalue weighted by atomic mass is 16.5. The van der Waals surface area contributed by atoms with Crippen molar-refractivity contribution in [2.24, 2.45) is 0 Å². The van der Waals surface area contributed by atoms with Gasteiger partial charge < -0.3 is 14.5 Å². The smallest absolute Gasteiger partial charge is 0.124 e. The van der Waals surface area contributed by atoms with E-state index in [2.05, 4.69) is 38.2 Å². The van der Waals surface area contributed by atoms with E-state index < -0.39 is 0 Å². The second kappa shape index (κ2) is 7.15. The van der Waals surface area contributed by atoms with Crippen LogP contribution < -0.4 is 10.1 Å². The van der Waals surface area contributed by atoms with Gasteiger partial charge >= 0.3 is 0 Å². The lowest BCUT2D eigenvalue weighted by Crippen LogP contribution is -2.13. The third-order valence-electron chi connectivity index (χ3n) is 3.30. The molecule has 1 N–H and O–H groups in total. The maximum atomic E-state index is 5.98. The molecule has 0 bridgehead atoms. The maximum absolute atomic E-state index is 5.98. The Hall–Kier alpha value is -1.74. The largest absolute Gasteiger partial charge is 0.488 e. The molecule has 1 aromatic carbocycles. The molecule has 0 spiro atoms. The molecule has 3 nitrogen and oxygen atoms in total. The van der Waals surface area contributed by atoms with Gasteiger partial charge in [-0.2, -0.15) is 0 Å². The zero-order valence-electron chi connectivity index (χ0n) is 12.5. The van der Waals surface area contributed by atoms with E-state index in [1.54, 1.807) is 6.26 Å². The fraction of sp³-hybridized carbons (Fsp3) is 0.412. The van der Waals surface area contributed by atoms with Crippen LogP contribution in [0.4, 0.5) is 0 Å². The van der Waals surface area contributed by atoms with E-state index in [1.165, 1.54) is 5.56 Å². The number of nitrogens with one attached hydrogen (secondary N) is 1. The predicted octanol–water partition coefficient (Wildman–Crippen LogP) is 4.09. The van der Waals surface area contributed by atoms with E-state index in [0.717, 1.165) is 30.2 Å². The van der Waals surface area contributed by atoms with Crippen LogP contribution in [0, 0.1) is 0 Å². The van der Waals surface area contributed by atoms with Crippen molar-refractivity contribution in [2.45, 2.75) is 39.8 Å². The number of benzene rings is 1. The van der Waals surface area contributed by atoms with Crippen molar-refractivity contribution in [3.8, 4) is 5.75 Å². The van der Waals surface area contributed by atoms with Gasteiger partial charge in [0.1, 0.15) is 18.1 Å². The van der Waals surface area contributed by atoms with Crippen LogP contribution in [0.1, 0.15) is 43.6 Å². The molecule has 0 saturated heterocycles. The van der Waals surface area contributed by atoms with Gasteiger partial charge in [0.05, 0.1) is 12.8 Å². The van der Waals surface area contributed by atoms with Crippen LogP contribution in [0.15, 0.2) is 41.0 Å². The highest BCUT2D eigenvalue weighted by Gasteiger charge is 2.10. The minimum absolute atomic E-state index is 0.455. The minimum Gasteiger partial charge on any atom is -0.488 e. The summed E-state index contributed by atoms with van der Waals surface area (Å²) in [5.41, 5.74) is 2.34. The fourth-order valence-electron chi connectivity index (χ4n) is 2.13. The van der Waals surface area contributed by atoms with Crippen molar-refractivity contribution < 1.29 is 9.15 Å². The third-order valence-corrected chi connectivity index (χ3v) is 3.30. The summed E-state index contributed by atoms with van der Waals surface area (Å²) in [6.45, 7) is 8.65. The zero-order chi connectivity index (χ0) is 14.4. The normalized spacial score (nSPS) is 11.0. The predicted molar refractivity (Wildman–Crippen MR) is 81.0 cm³/mol. The summed E-state index contributed by atoms with van der Waals surface area (Å²) in [5.74, 6) is 2.36. The van der Waals surface area contributed by atoms with E-state index in [1.807, 2.05) is 18.2 Å². The summed E-state index contributed by atoms with van der Waals surface area (Å²) in [4.78, 5) is 0. The quantitative estimate of drug-likeness (QED) is 0.825. The van der Waals surface area contributed by atoms with Crippen LogP contribution in [0.5, 0.6) is 5.75 Å². The van der Waals surface area contributed by atoms with E-state index in [0.29, 0.717) is 12.5 Å². The summed E-state index contributed by atoms with van der Waals surface area (Å²) in [6, 6.07) is 10.2. The van der Waals surface area contributed by atoms with Gasteiger partial charge in [-0.05, 0) is 30.2 Å². The highest BCUT2D eigenvalue weighted by molar-refractivity contribution is 5.35. The van der Waals surface area contributed by atoms with Gasteiger partial charge in [-0.3, -0.25) is 0 Å². The number of ether oxygens (including phenoxy) is 1. The third kappa shape index (κ3) is 3.64. The lowest BCUT2D eigenvalue weighted by atomic mass is 10.0. The molecule has 0 saturated carbocycles. The number of hydrogen-bond donors (Lipinski definition) is 1. The van der Waals surface area contributed by atoms with Crippen molar-refractivity contribution >= 4 is 0 Å². The van der Waals surface area contributed by atoms with Crippen molar-refractivity contribution in [3.05, 3.63) is 53.5 Å². The lowest BCUT2D eigenvalue weighted by Gasteiger charge is -2.13. The van der Waals surface area contributed by atoms with Gasteiger partial charge in [-0.15, -0.1) is 0 Å². The van der Waals surface area contributed by atoms with Crippen molar-refractivity contribution in [1.82, 2.24) is 5.32 Å². The Morgan fingerprint density at radius 3 is 2.75 bits per heavy atom. The van der Waals surface area contributed by atoms with E-state index >= 15 is 0 Å². The summed E-state index contributed by atoms with van der Waals surface area (Å²) in [6.07, 6.45) is 1.72. The van der Waals surface area contributed by atoms with Crippen LogP contribution in [-0.2, 0) is 13.2 Å². The molecular formula is C17H23NO2. The molecule has 2 aromatic rings. The first-order chi connectivity index (χ1) is 9.72. The number of rotatable bonds is 7. The molecule has 1 aromatic heterocycles. The highest BCUT2D eigenvalue weighted by Crippen LogP contribution is 2.27. The van der Waals surface area contributed by atoms with Gasteiger partial charge in [-0.25, -0.2) is 0 Å². The zero-order valence-corrected chi connectivity index (χ0v) is 12.5. The Morgan fingerprint density at radius 2 is 2.00 bits per heavy atom. The minimum atomic E-state index is 0.455. The van der Waals surface area contributed by atoms with Gasteiger partial charge in [-0.1, -0.05) is 39.0 Å². The molecule has 20 heavy (non-hydrogen) atoms. The second-order valence-electron chi connectivity index (χ2n) is 5.13. The summed E-state index contributed by atoms with van der Waals surface area (Å²) in [7, 11) is 0. The molecule has 108 valence electrons. The van der Waals surface area contributed by atoms with Crippen molar-refractivity contribution in [1.29, 1.82) is 0 Å². The van der Waals surface area contributed by atoms with Gasteiger partial charge in [0.15, 0.2) is 0 Å². The van der Waals surface area contributed by atoms with Crippen LogP contribution in [0.3, 0.4) is 0 Å². The Kier molecular flexibility index (Phi) is 5.24. The molecular weight excluding hydrogens is 250 g/mol. The lowest BCUT2D eigenvalue weighted by molar-refractivity contribution is 0.297. The van der Waals surface area contributed by atoms with Gasteiger partial charge in [0.25, 0.3) is 0 Å². The summed E-state index contributed by atoms with van der Waals surface area (Å²) in [5, 5.41) is 3.27. The number of furan rings is 1. The Balaban J connectivity index is 2.04. The van der Waals surface area contributed by atoms with Crippen LogP contribution in [0.25, 0.3) is 0 Å². The molecule has 0 fully saturated rings. The molecule has 0 aliphatic rings. The Labute approximate surface area is 121 Å². The SMILES string of the molecule is CCNCc1occc1COc1ccccc1C(C)C. The molecule has 0 amide bonds. The number of para-hydroxylation sites is 1. The summed E-state index contributed by atoms with van der Waals surface area (Å²) >= 11 is 0. The standard InChI is InChI=1S/C17H23NO2/c1-4-18-11-17-14(9-10-19-17)12-20-16-8-6-5-7-15(16)13(2)3/h5-10,13,18H,4,11-12H2,1-3H3. The van der Waals surface area contributed by atoms with E-state index in [9.17, 15) is 0 Å². The Bertz CT molecular complexity index is 531. The molecule has 3 heteroatoms. The van der Waals surface area contributed by atoms with Crippen molar-refractivity contribution in [2.75, 3.05) is 6.54 Å².